The van der Waals surface area contributed by atoms with Crippen molar-refractivity contribution in [2.24, 2.45) is 21.7 Å². The van der Waals surface area contributed by atoms with Crippen LogP contribution in [-0.2, 0) is 0 Å². The van der Waals surface area contributed by atoms with Crippen molar-refractivity contribution in [3.8, 4) is 0 Å². The van der Waals surface area contributed by atoms with Gasteiger partial charge in [-0.25, -0.2) is 20.4 Å². The molecule has 0 aromatic rings. The Balaban J connectivity index is 3.91. The maximum absolute atomic E-state index is 10.2. The summed E-state index contributed by atoms with van der Waals surface area (Å²) in [5.41, 5.74) is 13.7. The lowest BCUT2D eigenvalue weighted by molar-refractivity contribution is 0.248. The van der Waals surface area contributed by atoms with Gasteiger partial charge in [-0.2, -0.15) is 10.2 Å². The molecule has 0 heterocycles. The van der Waals surface area contributed by atoms with Gasteiger partial charge in [0.05, 0.1) is 11.9 Å². The molecule has 0 atom stereocenters. The molecule has 0 aliphatic carbocycles. The molecule has 0 aromatic heterocycles. The van der Waals surface area contributed by atoms with E-state index in [1.54, 1.807) is 6.92 Å². The molecule has 0 fully saturated rings. The SMILES string of the molecule is C/C(C=NNC(N)=O)=N\NC(N)=O. The van der Waals surface area contributed by atoms with Crippen LogP contribution in [0.1, 0.15) is 6.92 Å². The van der Waals surface area contributed by atoms with Gasteiger partial charge in [0, 0.05) is 0 Å². The number of nitrogens with two attached hydrogens (primary N) is 2. The van der Waals surface area contributed by atoms with Crippen LogP contribution in [-0.4, -0.2) is 24.0 Å². The second kappa shape index (κ2) is 5.52. The van der Waals surface area contributed by atoms with E-state index in [9.17, 15) is 9.59 Å². The van der Waals surface area contributed by atoms with E-state index in [4.69, 9.17) is 11.5 Å². The standard InChI is InChI=1S/C5H10N6O2/c1-3(9-11-5(7)13)2-8-10-4(6)12/h2H,1H3,(H3,6,10,12)(H3,7,11,13)/b8-2?,9-3+. The Labute approximate surface area is 74.0 Å². The summed E-state index contributed by atoms with van der Waals surface area (Å²) < 4.78 is 0. The topological polar surface area (TPSA) is 135 Å². The second-order valence-electron chi connectivity index (χ2n) is 1.96. The molecule has 0 aromatic carbocycles. The molecule has 8 heteroatoms. The first kappa shape index (κ1) is 10.9. The van der Waals surface area contributed by atoms with Crippen LogP contribution in [0.15, 0.2) is 10.2 Å². The molecule has 6 N–H and O–H groups in total. The van der Waals surface area contributed by atoms with Gasteiger partial charge < -0.3 is 11.5 Å². The molecule has 0 aliphatic rings. The minimum Gasteiger partial charge on any atom is -0.350 e. The molecule has 72 valence electrons. The molecule has 8 nitrogen and oxygen atoms in total. The lowest BCUT2D eigenvalue weighted by Crippen LogP contribution is -2.26. The number of urea groups is 2. The Morgan fingerprint density at radius 2 is 1.77 bits per heavy atom. The maximum Gasteiger partial charge on any atom is 0.332 e. The number of rotatable bonds is 3. The van der Waals surface area contributed by atoms with E-state index in [2.05, 4.69) is 10.2 Å². The summed E-state index contributed by atoms with van der Waals surface area (Å²) in [4.78, 5) is 20.3. The van der Waals surface area contributed by atoms with Crippen molar-refractivity contribution in [2.75, 3.05) is 0 Å². The van der Waals surface area contributed by atoms with E-state index < -0.39 is 12.1 Å². The van der Waals surface area contributed by atoms with Gasteiger partial charge in [-0.05, 0) is 6.92 Å². The third-order valence-electron chi connectivity index (χ3n) is 0.769. The van der Waals surface area contributed by atoms with Gasteiger partial charge in [0.2, 0.25) is 0 Å². The number of carbonyl (C=O) groups is 2. The van der Waals surface area contributed by atoms with Crippen molar-refractivity contribution in [2.45, 2.75) is 6.92 Å². The Morgan fingerprint density at radius 1 is 1.23 bits per heavy atom. The highest BCUT2D eigenvalue weighted by Crippen LogP contribution is 1.69. The minimum absolute atomic E-state index is 0.354. The van der Waals surface area contributed by atoms with Gasteiger partial charge in [0.15, 0.2) is 0 Å². The summed E-state index contributed by atoms with van der Waals surface area (Å²) in [7, 11) is 0. The average molecular weight is 186 g/mol. The molecule has 4 amide bonds. The van der Waals surface area contributed by atoms with Gasteiger partial charge in [-0.3, -0.25) is 0 Å². The Bertz CT molecular complexity index is 258. The molecule has 0 bridgehead atoms. The van der Waals surface area contributed by atoms with Crippen molar-refractivity contribution < 1.29 is 9.59 Å². The molecular formula is C5H10N6O2. The van der Waals surface area contributed by atoms with Crippen molar-refractivity contribution in [1.82, 2.24) is 10.9 Å². The number of nitrogens with one attached hydrogen (secondary N) is 2. The predicted octanol–water partition coefficient (Wildman–Crippen LogP) is -1.32. The summed E-state index contributed by atoms with van der Waals surface area (Å²) in [5.74, 6) is 0. The zero-order valence-electron chi connectivity index (χ0n) is 6.94. The number of nitrogens with zero attached hydrogens (tertiary/aromatic N) is 2. The number of primary amides is 2. The molecule has 0 unspecified atom stereocenters. The van der Waals surface area contributed by atoms with Gasteiger partial charge in [0.1, 0.15) is 0 Å². The van der Waals surface area contributed by atoms with E-state index in [1.165, 1.54) is 6.21 Å². The molecule has 0 rings (SSSR count). The summed E-state index contributed by atoms with van der Waals surface area (Å²) >= 11 is 0. The van der Waals surface area contributed by atoms with Gasteiger partial charge in [-0.1, -0.05) is 0 Å². The fraction of sp³-hybridized carbons (Fsp3) is 0.200. The molecule has 0 spiro atoms. The van der Waals surface area contributed by atoms with Crippen LogP contribution < -0.4 is 22.3 Å². The zero-order chi connectivity index (χ0) is 10.3. The van der Waals surface area contributed by atoms with E-state index in [-0.39, 0.29) is 0 Å². The van der Waals surface area contributed by atoms with E-state index in [1.807, 2.05) is 10.9 Å². The van der Waals surface area contributed by atoms with Crippen molar-refractivity contribution in [3.05, 3.63) is 0 Å². The minimum atomic E-state index is -0.785. The smallest absolute Gasteiger partial charge is 0.332 e. The number of hydrogen-bond donors (Lipinski definition) is 4. The van der Waals surface area contributed by atoms with Crippen molar-refractivity contribution in [3.63, 3.8) is 0 Å². The van der Waals surface area contributed by atoms with Crippen LogP contribution in [0.4, 0.5) is 9.59 Å². The molecule has 0 saturated heterocycles. The van der Waals surface area contributed by atoms with E-state index in [0.29, 0.717) is 5.71 Å². The molecular weight excluding hydrogens is 176 g/mol. The van der Waals surface area contributed by atoms with Gasteiger partial charge in [-0.15, -0.1) is 0 Å². The van der Waals surface area contributed by atoms with Crippen LogP contribution >= 0.6 is 0 Å². The molecule has 0 radical (unpaired) electrons. The quantitative estimate of drug-likeness (QED) is 0.321. The summed E-state index contributed by atoms with van der Waals surface area (Å²) in [6.07, 6.45) is 1.20. The number of carbonyl (C=O) groups excluding carboxylic acids is 2. The summed E-state index contributed by atoms with van der Waals surface area (Å²) in [6.45, 7) is 1.54. The fourth-order valence-electron chi connectivity index (χ4n) is 0.361. The first-order valence-electron chi connectivity index (χ1n) is 3.20. The third-order valence-corrected chi connectivity index (χ3v) is 0.769. The largest absolute Gasteiger partial charge is 0.350 e. The first-order chi connectivity index (χ1) is 6.02. The lowest BCUT2D eigenvalue weighted by atomic mass is 10.5. The van der Waals surface area contributed by atoms with Crippen LogP contribution in [0.2, 0.25) is 0 Å². The van der Waals surface area contributed by atoms with E-state index >= 15 is 0 Å². The Hall–Kier alpha value is -2.12. The van der Waals surface area contributed by atoms with Gasteiger partial charge in [0.25, 0.3) is 0 Å². The van der Waals surface area contributed by atoms with Crippen LogP contribution in [0.3, 0.4) is 0 Å². The normalized spacial score (nSPS) is 11.3. The summed E-state index contributed by atoms with van der Waals surface area (Å²) in [5, 5.41) is 6.85. The van der Waals surface area contributed by atoms with Crippen molar-refractivity contribution >= 4 is 24.0 Å². The zero-order valence-corrected chi connectivity index (χ0v) is 6.94. The number of amides is 4. The average Bonchev–Trinajstić information content (AvgIpc) is 2.00. The Morgan fingerprint density at radius 3 is 2.23 bits per heavy atom. The van der Waals surface area contributed by atoms with Crippen LogP contribution in [0, 0.1) is 0 Å². The fourth-order valence-corrected chi connectivity index (χ4v) is 0.361. The van der Waals surface area contributed by atoms with Crippen LogP contribution in [0.25, 0.3) is 0 Å². The highest BCUT2D eigenvalue weighted by molar-refractivity contribution is 6.29. The first-order valence-corrected chi connectivity index (χ1v) is 3.20. The third kappa shape index (κ3) is 7.78. The second-order valence-corrected chi connectivity index (χ2v) is 1.96. The highest BCUT2D eigenvalue weighted by Gasteiger charge is 1.89. The monoisotopic (exact) mass is 186 g/mol. The number of hydrazone groups is 2. The number of hydrogen-bond acceptors (Lipinski definition) is 4. The highest BCUT2D eigenvalue weighted by atomic mass is 16.2. The molecule has 0 saturated carbocycles. The van der Waals surface area contributed by atoms with E-state index in [0.717, 1.165) is 0 Å². The van der Waals surface area contributed by atoms with Crippen LogP contribution in [0.5, 0.6) is 0 Å². The predicted molar refractivity (Wildman–Crippen MR) is 47.0 cm³/mol. The lowest BCUT2D eigenvalue weighted by Gasteiger charge is -1.93. The molecule has 13 heavy (non-hydrogen) atoms. The van der Waals surface area contributed by atoms with Gasteiger partial charge >= 0.3 is 12.1 Å². The Kier molecular flexibility index (Phi) is 4.62. The molecule has 0 aliphatic heterocycles. The van der Waals surface area contributed by atoms with Crippen molar-refractivity contribution in [1.29, 1.82) is 0 Å². The maximum atomic E-state index is 10.2. The summed E-state index contributed by atoms with van der Waals surface area (Å²) in [6, 6.07) is -1.57.